The zero-order valence-corrected chi connectivity index (χ0v) is 17.3. The molecule has 1 saturated heterocycles. The molecule has 2 aliphatic heterocycles. The van der Waals surface area contributed by atoms with Gasteiger partial charge in [-0.1, -0.05) is 24.3 Å². The number of benzene rings is 1. The summed E-state index contributed by atoms with van der Waals surface area (Å²) in [4.78, 5) is 9.60. The Labute approximate surface area is 169 Å². The van der Waals surface area contributed by atoms with Crippen LogP contribution in [0.5, 0.6) is 0 Å². The van der Waals surface area contributed by atoms with Crippen LogP contribution in [0.4, 0.5) is 5.69 Å². The summed E-state index contributed by atoms with van der Waals surface area (Å²) < 4.78 is 10.7. The van der Waals surface area contributed by atoms with Crippen LogP contribution in [0.15, 0.2) is 41.4 Å². The largest absolute Gasteiger partial charge is 0.382 e. The standard InChI is InChI=1S/C22H34N4O2/c1-3-23-22(26-13-10-20(17-26)18-28-15-14-27-2)24-16-19-6-8-21(9-7-19)25-11-4-5-12-25/h4-9,20H,3,10-18H2,1-2H3,(H,23,24). The first-order chi connectivity index (χ1) is 13.8. The van der Waals surface area contributed by atoms with E-state index in [1.165, 1.54) is 11.3 Å². The minimum Gasteiger partial charge on any atom is -0.382 e. The van der Waals surface area contributed by atoms with Crippen molar-refractivity contribution in [3.63, 3.8) is 0 Å². The van der Waals surface area contributed by atoms with Crippen molar-refractivity contribution in [2.24, 2.45) is 10.9 Å². The molecular weight excluding hydrogens is 352 g/mol. The van der Waals surface area contributed by atoms with Gasteiger partial charge in [0.2, 0.25) is 0 Å². The SMILES string of the molecule is CCNC(=NCc1ccc(N2CC=CC2)cc1)N1CCC(COCCOC)C1. The van der Waals surface area contributed by atoms with Crippen molar-refractivity contribution in [3.8, 4) is 0 Å². The Morgan fingerprint density at radius 1 is 1.18 bits per heavy atom. The molecule has 3 rings (SSSR count). The van der Waals surface area contributed by atoms with Crippen LogP contribution in [-0.4, -0.2) is 70.5 Å². The first-order valence-electron chi connectivity index (χ1n) is 10.4. The van der Waals surface area contributed by atoms with Crippen LogP contribution in [0.2, 0.25) is 0 Å². The summed E-state index contributed by atoms with van der Waals surface area (Å²) >= 11 is 0. The number of hydrogen-bond donors (Lipinski definition) is 1. The molecule has 154 valence electrons. The maximum atomic E-state index is 5.71. The zero-order valence-electron chi connectivity index (χ0n) is 17.3. The number of rotatable bonds is 9. The lowest BCUT2D eigenvalue weighted by Gasteiger charge is -2.22. The molecule has 6 nitrogen and oxygen atoms in total. The lowest BCUT2D eigenvalue weighted by Crippen LogP contribution is -2.40. The Bertz CT molecular complexity index is 636. The predicted molar refractivity (Wildman–Crippen MR) is 115 cm³/mol. The van der Waals surface area contributed by atoms with Crippen molar-refractivity contribution in [1.29, 1.82) is 0 Å². The van der Waals surface area contributed by atoms with E-state index in [4.69, 9.17) is 14.5 Å². The topological polar surface area (TPSA) is 49.3 Å². The maximum Gasteiger partial charge on any atom is 0.194 e. The first-order valence-corrected chi connectivity index (χ1v) is 10.4. The van der Waals surface area contributed by atoms with Crippen molar-refractivity contribution >= 4 is 11.6 Å². The molecule has 2 aliphatic rings. The highest BCUT2D eigenvalue weighted by molar-refractivity contribution is 5.80. The van der Waals surface area contributed by atoms with Crippen LogP contribution in [0.3, 0.4) is 0 Å². The highest BCUT2D eigenvalue weighted by Crippen LogP contribution is 2.19. The molecular formula is C22H34N4O2. The highest BCUT2D eigenvalue weighted by Gasteiger charge is 2.24. The summed E-state index contributed by atoms with van der Waals surface area (Å²) in [5, 5.41) is 3.45. The number of anilines is 1. The number of nitrogens with one attached hydrogen (secondary N) is 1. The van der Waals surface area contributed by atoms with E-state index in [9.17, 15) is 0 Å². The Hall–Kier alpha value is -2.05. The fourth-order valence-corrected chi connectivity index (χ4v) is 3.65. The van der Waals surface area contributed by atoms with Gasteiger partial charge in [0, 0.05) is 51.4 Å². The fraction of sp³-hybridized carbons (Fsp3) is 0.591. The molecule has 0 saturated carbocycles. The molecule has 2 heterocycles. The minimum atomic E-state index is 0.564. The second-order valence-electron chi connectivity index (χ2n) is 7.38. The summed E-state index contributed by atoms with van der Waals surface area (Å²) in [6, 6.07) is 8.79. The molecule has 1 atom stereocenters. The van der Waals surface area contributed by atoms with E-state index in [1.807, 2.05) is 0 Å². The number of likely N-dealkylation sites (tertiary alicyclic amines) is 1. The third-order valence-electron chi connectivity index (χ3n) is 5.24. The van der Waals surface area contributed by atoms with E-state index in [0.29, 0.717) is 25.7 Å². The normalized spacial score (nSPS) is 19.6. The molecule has 1 unspecified atom stereocenters. The Kier molecular flexibility index (Phi) is 8.18. The van der Waals surface area contributed by atoms with E-state index in [1.54, 1.807) is 7.11 Å². The van der Waals surface area contributed by atoms with E-state index in [2.05, 4.69) is 58.5 Å². The quantitative estimate of drug-likeness (QED) is 0.306. The predicted octanol–water partition coefficient (Wildman–Crippen LogP) is 2.51. The number of nitrogens with zero attached hydrogens (tertiary/aromatic N) is 3. The highest BCUT2D eigenvalue weighted by atomic mass is 16.5. The van der Waals surface area contributed by atoms with Crippen LogP contribution in [-0.2, 0) is 16.0 Å². The van der Waals surface area contributed by atoms with Gasteiger partial charge in [0.05, 0.1) is 26.4 Å². The van der Waals surface area contributed by atoms with Crippen molar-refractivity contribution < 1.29 is 9.47 Å². The average Bonchev–Trinajstić information content (AvgIpc) is 3.41. The summed E-state index contributed by atoms with van der Waals surface area (Å²) in [7, 11) is 1.71. The second-order valence-corrected chi connectivity index (χ2v) is 7.38. The van der Waals surface area contributed by atoms with Gasteiger partial charge in [0.1, 0.15) is 0 Å². The van der Waals surface area contributed by atoms with Gasteiger partial charge in [0.15, 0.2) is 5.96 Å². The molecule has 0 aliphatic carbocycles. The van der Waals surface area contributed by atoms with E-state index < -0.39 is 0 Å². The molecule has 1 aromatic rings. The minimum absolute atomic E-state index is 0.564. The monoisotopic (exact) mass is 386 g/mol. The van der Waals surface area contributed by atoms with Crippen molar-refractivity contribution in [1.82, 2.24) is 10.2 Å². The number of methoxy groups -OCH3 is 1. The fourth-order valence-electron chi connectivity index (χ4n) is 3.65. The molecule has 28 heavy (non-hydrogen) atoms. The summed E-state index contributed by atoms with van der Waals surface area (Å²) in [5.74, 6) is 1.57. The Balaban J connectivity index is 1.51. The molecule has 1 N–H and O–H groups in total. The zero-order chi connectivity index (χ0) is 19.6. The first kappa shape index (κ1) is 20.7. The van der Waals surface area contributed by atoms with Gasteiger partial charge in [-0.3, -0.25) is 0 Å². The molecule has 6 heteroatoms. The van der Waals surface area contributed by atoms with E-state index >= 15 is 0 Å². The number of hydrogen-bond acceptors (Lipinski definition) is 4. The smallest absolute Gasteiger partial charge is 0.194 e. The molecule has 1 fully saturated rings. The van der Waals surface area contributed by atoms with E-state index in [0.717, 1.165) is 51.7 Å². The van der Waals surface area contributed by atoms with Gasteiger partial charge >= 0.3 is 0 Å². The summed E-state index contributed by atoms with van der Waals surface area (Å²) in [6.07, 6.45) is 5.58. The average molecular weight is 387 g/mol. The van der Waals surface area contributed by atoms with Gasteiger partial charge in [-0.05, 0) is 31.0 Å². The van der Waals surface area contributed by atoms with Crippen LogP contribution in [0, 0.1) is 5.92 Å². The van der Waals surface area contributed by atoms with Gasteiger partial charge < -0.3 is 24.6 Å². The van der Waals surface area contributed by atoms with Crippen molar-refractivity contribution in [2.75, 3.05) is 64.6 Å². The molecule has 0 bridgehead atoms. The Morgan fingerprint density at radius 2 is 1.96 bits per heavy atom. The van der Waals surface area contributed by atoms with Crippen LogP contribution in [0.1, 0.15) is 18.9 Å². The van der Waals surface area contributed by atoms with Crippen LogP contribution < -0.4 is 10.2 Å². The van der Waals surface area contributed by atoms with Crippen molar-refractivity contribution in [2.45, 2.75) is 19.9 Å². The molecule has 0 amide bonds. The van der Waals surface area contributed by atoms with Gasteiger partial charge in [-0.15, -0.1) is 0 Å². The van der Waals surface area contributed by atoms with Gasteiger partial charge in [-0.2, -0.15) is 0 Å². The van der Waals surface area contributed by atoms with Crippen LogP contribution >= 0.6 is 0 Å². The molecule has 0 radical (unpaired) electrons. The third-order valence-corrected chi connectivity index (χ3v) is 5.24. The third kappa shape index (κ3) is 5.97. The summed E-state index contributed by atoms with van der Waals surface area (Å²) in [6.45, 7) is 9.88. The van der Waals surface area contributed by atoms with Crippen LogP contribution in [0.25, 0.3) is 0 Å². The maximum absolute atomic E-state index is 5.71. The number of guanidine groups is 1. The van der Waals surface area contributed by atoms with Crippen molar-refractivity contribution in [3.05, 3.63) is 42.0 Å². The number of ether oxygens (including phenoxy) is 2. The summed E-state index contributed by atoms with van der Waals surface area (Å²) in [5.41, 5.74) is 2.52. The van der Waals surface area contributed by atoms with Gasteiger partial charge in [0.25, 0.3) is 0 Å². The molecule has 0 aromatic heterocycles. The molecule has 1 aromatic carbocycles. The molecule has 0 spiro atoms. The Morgan fingerprint density at radius 3 is 2.68 bits per heavy atom. The lowest BCUT2D eigenvalue weighted by molar-refractivity contribution is 0.0536. The second kappa shape index (κ2) is 11.1. The van der Waals surface area contributed by atoms with Gasteiger partial charge in [-0.25, -0.2) is 4.99 Å². The number of aliphatic imine (C=N–C) groups is 1. The van der Waals surface area contributed by atoms with E-state index in [-0.39, 0.29) is 0 Å². The lowest BCUT2D eigenvalue weighted by atomic mass is 10.1.